The van der Waals surface area contributed by atoms with Crippen LogP contribution in [0.2, 0.25) is 0 Å². The summed E-state index contributed by atoms with van der Waals surface area (Å²) in [5, 5.41) is 9.13. The summed E-state index contributed by atoms with van der Waals surface area (Å²) in [4.78, 5) is 12.3. The number of amides is 1. The van der Waals surface area contributed by atoms with Crippen molar-refractivity contribution in [2.75, 3.05) is 0 Å². The Morgan fingerprint density at radius 1 is 0.862 bits per heavy atom. The number of nitrogens with zero attached hydrogens (tertiary/aromatic N) is 1. The number of hydroxylamine groups is 1. The summed E-state index contributed by atoms with van der Waals surface area (Å²) in [5.74, 6) is -0.746. The highest BCUT2D eigenvalue weighted by Gasteiger charge is 2.39. The molecule has 0 fully saturated rings. The topological polar surface area (TPSA) is 86.7 Å². The Hall–Kier alpha value is -3.00. The van der Waals surface area contributed by atoms with Gasteiger partial charge >= 0.3 is 0 Å². The molecule has 0 spiro atoms. The highest BCUT2D eigenvalue weighted by Crippen LogP contribution is 2.30. The summed E-state index contributed by atoms with van der Waals surface area (Å²) in [5.41, 5.74) is 5.23. The molecule has 2 N–H and O–H groups in total. The van der Waals surface area contributed by atoms with E-state index in [9.17, 15) is 13.2 Å². The molecular weight excluding hydrogens is 388 g/mol. The number of fused-ring (bicyclic) bond motifs is 1. The van der Waals surface area contributed by atoms with E-state index in [0.717, 1.165) is 26.6 Å². The Labute approximate surface area is 169 Å². The van der Waals surface area contributed by atoms with Gasteiger partial charge in [0.25, 0.3) is 5.91 Å². The molecule has 1 aliphatic rings. The van der Waals surface area contributed by atoms with Gasteiger partial charge in [0.1, 0.15) is 6.04 Å². The van der Waals surface area contributed by atoms with Crippen molar-refractivity contribution in [3.63, 3.8) is 0 Å². The zero-order valence-electron chi connectivity index (χ0n) is 15.5. The number of hydrogen-bond acceptors (Lipinski definition) is 4. The maximum absolute atomic E-state index is 13.3. The van der Waals surface area contributed by atoms with E-state index >= 15 is 0 Å². The van der Waals surface area contributed by atoms with E-state index in [1.54, 1.807) is 29.7 Å². The molecule has 1 amide bonds. The van der Waals surface area contributed by atoms with Crippen molar-refractivity contribution >= 4 is 15.9 Å². The average molecular weight is 408 g/mol. The van der Waals surface area contributed by atoms with E-state index in [4.69, 9.17) is 5.21 Å². The van der Waals surface area contributed by atoms with Crippen LogP contribution in [0.25, 0.3) is 11.1 Å². The van der Waals surface area contributed by atoms with E-state index in [0.29, 0.717) is 0 Å². The summed E-state index contributed by atoms with van der Waals surface area (Å²) in [7, 11) is -3.95. The predicted molar refractivity (Wildman–Crippen MR) is 108 cm³/mol. The Morgan fingerprint density at radius 3 is 2.10 bits per heavy atom. The van der Waals surface area contributed by atoms with Crippen molar-refractivity contribution < 1.29 is 18.4 Å². The Balaban J connectivity index is 1.70. The van der Waals surface area contributed by atoms with Crippen LogP contribution in [0.3, 0.4) is 0 Å². The number of nitrogens with one attached hydrogen (secondary N) is 1. The summed E-state index contributed by atoms with van der Waals surface area (Å²) >= 11 is 0. The van der Waals surface area contributed by atoms with Gasteiger partial charge in [0.05, 0.1) is 4.90 Å². The zero-order valence-corrected chi connectivity index (χ0v) is 16.3. The van der Waals surface area contributed by atoms with Crippen LogP contribution in [0, 0.1) is 0 Å². The Kier molecular flexibility index (Phi) is 5.19. The lowest BCUT2D eigenvalue weighted by molar-refractivity contribution is -0.133. The second-order valence-corrected chi connectivity index (χ2v) is 8.80. The number of sulfonamides is 1. The fourth-order valence-electron chi connectivity index (χ4n) is 3.63. The lowest BCUT2D eigenvalue weighted by Gasteiger charge is -2.34. The van der Waals surface area contributed by atoms with E-state index in [-0.39, 0.29) is 17.9 Å². The molecule has 29 heavy (non-hydrogen) atoms. The maximum Gasteiger partial charge on any atom is 0.262 e. The highest BCUT2D eigenvalue weighted by atomic mass is 32.2. The minimum Gasteiger partial charge on any atom is -0.289 e. The minimum absolute atomic E-state index is 0.0665. The first kappa shape index (κ1) is 19.3. The van der Waals surface area contributed by atoms with Crippen molar-refractivity contribution in [2.45, 2.75) is 23.9 Å². The van der Waals surface area contributed by atoms with Gasteiger partial charge in [0.2, 0.25) is 10.0 Å². The molecule has 0 aromatic heterocycles. The van der Waals surface area contributed by atoms with Crippen LogP contribution in [0.15, 0.2) is 83.8 Å². The van der Waals surface area contributed by atoms with Crippen LogP contribution in [0.1, 0.15) is 11.1 Å². The van der Waals surface area contributed by atoms with E-state index in [1.165, 1.54) is 0 Å². The molecule has 3 aromatic rings. The van der Waals surface area contributed by atoms with Gasteiger partial charge in [-0.15, -0.1) is 0 Å². The molecule has 0 aliphatic carbocycles. The van der Waals surface area contributed by atoms with Gasteiger partial charge in [0.15, 0.2) is 0 Å². The van der Waals surface area contributed by atoms with E-state index in [1.807, 2.05) is 54.6 Å². The zero-order chi connectivity index (χ0) is 20.4. The first-order valence-corrected chi connectivity index (χ1v) is 10.6. The maximum atomic E-state index is 13.3. The van der Waals surface area contributed by atoms with Crippen LogP contribution >= 0.6 is 0 Å². The van der Waals surface area contributed by atoms with Crippen LogP contribution in [0.5, 0.6) is 0 Å². The van der Waals surface area contributed by atoms with Gasteiger partial charge in [-0.2, -0.15) is 4.31 Å². The molecule has 4 rings (SSSR count). The number of hydrogen-bond donors (Lipinski definition) is 2. The molecule has 7 heteroatoms. The average Bonchev–Trinajstić information content (AvgIpc) is 2.78. The molecule has 1 atom stereocenters. The van der Waals surface area contributed by atoms with Gasteiger partial charge in [-0.1, -0.05) is 66.7 Å². The second kappa shape index (κ2) is 7.79. The second-order valence-electron chi connectivity index (χ2n) is 6.91. The Morgan fingerprint density at radius 2 is 1.45 bits per heavy atom. The van der Waals surface area contributed by atoms with Gasteiger partial charge in [-0.25, -0.2) is 13.9 Å². The van der Waals surface area contributed by atoms with Crippen molar-refractivity contribution in [3.05, 3.63) is 90.0 Å². The third-order valence-corrected chi connectivity index (χ3v) is 7.06. The monoisotopic (exact) mass is 408 g/mol. The minimum atomic E-state index is -3.95. The number of rotatable bonds is 4. The van der Waals surface area contributed by atoms with E-state index < -0.39 is 22.0 Å². The molecule has 1 heterocycles. The van der Waals surface area contributed by atoms with E-state index in [2.05, 4.69) is 0 Å². The summed E-state index contributed by atoms with van der Waals surface area (Å²) in [6.45, 7) is 0.0665. The largest absolute Gasteiger partial charge is 0.289 e. The van der Waals surface area contributed by atoms with Crippen LogP contribution in [-0.4, -0.2) is 29.9 Å². The third kappa shape index (κ3) is 3.67. The molecule has 0 unspecified atom stereocenters. The summed E-state index contributed by atoms with van der Waals surface area (Å²) in [6.07, 6.45) is 0.198. The molecule has 0 bridgehead atoms. The quantitative estimate of drug-likeness (QED) is 0.513. The van der Waals surface area contributed by atoms with Gasteiger partial charge in [0, 0.05) is 6.54 Å². The van der Waals surface area contributed by atoms with Gasteiger partial charge < -0.3 is 0 Å². The van der Waals surface area contributed by atoms with Crippen molar-refractivity contribution in [2.24, 2.45) is 0 Å². The molecule has 0 saturated heterocycles. The third-order valence-electron chi connectivity index (χ3n) is 5.19. The molecule has 6 nitrogen and oxygen atoms in total. The SMILES string of the molecule is O=C(NO)[C@H]1Cc2ccccc2CN1S(=O)(=O)c1ccc(-c2ccccc2)cc1. The van der Waals surface area contributed by atoms with Crippen LogP contribution in [0.4, 0.5) is 0 Å². The fraction of sp³-hybridized carbons (Fsp3) is 0.136. The molecule has 0 radical (unpaired) electrons. The highest BCUT2D eigenvalue weighted by molar-refractivity contribution is 7.89. The number of carbonyl (C=O) groups excluding carboxylic acids is 1. The molecule has 1 aliphatic heterocycles. The summed E-state index contributed by atoms with van der Waals surface area (Å²) < 4.78 is 27.8. The predicted octanol–water partition coefficient (Wildman–Crippen LogP) is 2.97. The lowest BCUT2D eigenvalue weighted by atomic mass is 9.95. The molecular formula is C22H20N2O4S. The smallest absolute Gasteiger partial charge is 0.262 e. The Bertz CT molecular complexity index is 1130. The molecule has 3 aromatic carbocycles. The lowest BCUT2D eigenvalue weighted by Crippen LogP contribution is -2.51. The van der Waals surface area contributed by atoms with Crippen LogP contribution in [-0.2, 0) is 27.8 Å². The first-order valence-electron chi connectivity index (χ1n) is 9.19. The normalized spacial score (nSPS) is 16.8. The molecule has 148 valence electrons. The van der Waals surface area contributed by atoms with Crippen molar-refractivity contribution in [1.29, 1.82) is 0 Å². The van der Waals surface area contributed by atoms with Crippen molar-refractivity contribution in [3.8, 4) is 11.1 Å². The van der Waals surface area contributed by atoms with Crippen molar-refractivity contribution in [1.82, 2.24) is 9.79 Å². The fourth-order valence-corrected chi connectivity index (χ4v) is 5.20. The van der Waals surface area contributed by atoms with Gasteiger partial charge in [-0.3, -0.25) is 10.0 Å². The number of carbonyl (C=O) groups is 1. The standard InChI is InChI=1S/C22H20N2O4S/c25-22(23-26)21-14-18-8-4-5-9-19(18)15-24(21)29(27,28)20-12-10-17(11-13-20)16-6-2-1-3-7-16/h1-13,21,26H,14-15H2,(H,23,25)/t21-/m1/s1. The molecule has 0 saturated carbocycles. The van der Waals surface area contributed by atoms with Crippen LogP contribution < -0.4 is 5.48 Å². The summed E-state index contributed by atoms with van der Waals surface area (Å²) in [6, 6.07) is 22.6. The first-order chi connectivity index (χ1) is 14.0. The number of benzene rings is 3. The van der Waals surface area contributed by atoms with Gasteiger partial charge in [-0.05, 0) is 40.8 Å².